The van der Waals surface area contributed by atoms with Crippen molar-refractivity contribution in [2.75, 3.05) is 27.3 Å². The molecule has 2 atom stereocenters. The molecule has 8 nitrogen and oxygen atoms in total. The minimum Gasteiger partial charge on any atom is -0.365 e. The Morgan fingerprint density at radius 1 is 1.46 bits per heavy atom. The number of ether oxygens (including phenoxy) is 2. The number of aromatic nitrogens is 1. The van der Waals surface area contributed by atoms with Crippen LogP contribution in [-0.2, 0) is 16.0 Å². The molecule has 2 heterocycles. The molecule has 1 aliphatic rings. The van der Waals surface area contributed by atoms with Crippen LogP contribution in [0.3, 0.4) is 0 Å². The quantitative estimate of drug-likeness (QED) is 0.387. The third kappa shape index (κ3) is 3.62. The second-order valence-electron chi connectivity index (χ2n) is 6.13. The van der Waals surface area contributed by atoms with Gasteiger partial charge in [0.25, 0.3) is 0 Å². The van der Waals surface area contributed by atoms with Gasteiger partial charge in [-0.2, -0.15) is 0 Å². The molecule has 0 amide bonds. The van der Waals surface area contributed by atoms with Crippen molar-refractivity contribution in [1.82, 2.24) is 14.8 Å². The number of rotatable bonds is 8. The topological polar surface area (TPSA) is 81.0 Å². The molecule has 0 aliphatic carbocycles. The van der Waals surface area contributed by atoms with E-state index in [1.165, 1.54) is 7.11 Å². The zero-order chi connectivity index (χ0) is 19.5. The smallest absolute Gasteiger partial charge is 0.319 e. The van der Waals surface area contributed by atoms with E-state index in [0.717, 1.165) is 5.56 Å². The van der Waals surface area contributed by atoms with Crippen molar-refractivity contribution in [1.29, 1.82) is 0 Å². The second-order valence-corrected chi connectivity index (χ2v) is 6.52. The Morgan fingerprint density at radius 2 is 2.15 bits per heavy atom. The second kappa shape index (κ2) is 8.20. The maximum Gasteiger partial charge on any atom is 0.319 e. The lowest BCUT2D eigenvalue weighted by molar-refractivity contribution is -0.440. The lowest BCUT2D eigenvalue weighted by Gasteiger charge is -2.39. The molecule has 0 fully saturated rings. The van der Waals surface area contributed by atoms with E-state index in [0.29, 0.717) is 30.7 Å². The lowest BCUT2D eigenvalue weighted by Crippen LogP contribution is -2.52. The number of hydrogen-bond acceptors (Lipinski definition) is 7. The summed E-state index contributed by atoms with van der Waals surface area (Å²) in [4.78, 5) is 19.3. The molecule has 0 radical (unpaired) electrons. The fraction of sp³-hybridized carbons (Fsp3) is 0.588. The first-order valence-corrected chi connectivity index (χ1v) is 8.82. The maximum atomic E-state index is 11.9. The normalized spacial score (nSPS) is 22.8. The number of methoxy groups -OCH3 is 1. The van der Waals surface area contributed by atoms with E-state index >= 15 is 0 Å². The van der Waals surface area contributed by atoms with Gasteiger partial charge in [-0.15, -0.1) is 0 Å². The Morgan fingerprint density at radius 3 is 2.62 bits per heavy atom. The van der Waals surface area contributed by atoms with Gasteiger partial charge in [0.2, 0.25) is 0 Å². The minimum absolute atomic E-state index is 0.00489. The molecule has 2 unspecified atom stereocenters. The summed E-state index contributed by atoms with van der Waals surface area (Å²) in [6.45, 7) is 7.03. The van der Waals surface area contributed by atoms with Gasteiger partial charge in [0.1, 0.15) is 5.15 Å². The third-order valence-electron chi connectivity index (χ3n) is 4.66. The van der Waals surface area contributed by atoms with Gasteiger partial charge >= 0.3 is 5.70 Å². The van der Waals surface area contributed by atoms with E-state index in [-0.39, 0.29) is 10.6 Å². The van der Waals surface area contributed by atoms with Crippen LogP contribution in [0.2, 0.25) is 5.15 Å². The average molecular weight is 385 g/mol. The van der Waals surface area contributed by atoms with Gasteiger partial charge in [-0.1, -0.05) is 17.7 Å². The molecule has 0 aromatic carbocycles. The van der Waals surface area contributed by atoms with Crippen LogP contribution in [0.5, 0.6) is 0 Å². The molecule has 2 rings (SSSR count). The number of halogens is 1. The van der Waals surface area contributed by atoms with Gasteiger partial charge in [0.15, 0.2) is 17.6 Å². The molecule has 0 saturated carbocycles. The molecule has 9 heteroatoms. The minimum atomic E-state index is -0.965. The van der Waals surface area contributed by atoms with E-state index in [4.69, 9.17) is 21.1 Å². The SMILES string of the molecule is CCOC1(C)C(OC)C([N+](=O)[O-])=C(N(CC)Cc2ccc(Cl)nc2)N1C. The molecule has 1 aromatic rings. The Balaban J connectivity index is 2.47. The molecule has 0 bridgehead atoms. The summed E-state index contributed by atoms with van der Waals surface area (Å²) in [5.74, 6) is 0.482. The summed E-state index contributed by atoms with van der Waals surface area (Å²) in [5, 5.41) is 12.3. The number of nitro groups is 1. The summed E-state index contributed by atoms with van der Waals surface area (Å²) >= 11 is 5.84. The first-order valence-electron chi connectivity index (χ1n) is 8.44. The molecule has 1 aromatic heterocycles. The Hall–Kier alpha value is -1.90. The molecular formula is C17H25ClN4O4. The summed E-state index contributed by atoms with van der Waals surface area (Å²) < 4.78 is 11.4. The fourth-order valence-electron chi connectivity index (χ4n) is 3.33. The first kappa shape index (κ1) is 20.4. The van der Waals surface area contributed by atoms with Crippen molar-refractivity contribution in [3.63, 3.8) is 0 Å². The van der Waals surface area contributed by atoms with Gasteiger partial charge in [0.05, 0.1) is 4.92 Å². The largest absolute Gasteiger partial charge is 0.365 e. The zero-order valence-corrected chi connectivity index (χ0v) is 16.5. The Bertz CT molecular complexity index is 682. The third-order valence-corrected chi connectivity index (χ3v) is 4.88. The van der Waals surface area contributed by atoms with Gasteiger partial charge in [0, 0.05) is 40.1 Å². The summed E-state index contributed by atoms with van der Waals surface area (Å²) in [7, 11) is 3.25. The van der Waals surface area contributed by atoms with Crippen LogP contribution in [-0.4, -0.2) is 58.8 Å². The van der Waals surface area contributed by atoms with Crippen LogP contribution >= 0.6 is 11.6 Å². The van der Waals surface area contributed by atoms with Crippen LogP contribution in [0.25, 0.3) is 0 Å². The first-order chi connectivity index (χ1) is 12.3. The van der Waals surface area contributed by atoms with E-state index < -0.39 is 11.8 Å². The molecule has 0 spiro atoms. The van der Waals surface area contributed by atoms with Crippen LogP contribution < -0.4 is 0 Å². The van der Waals surface area contributed by atoms with Crippen molar-refractivity contribution in [2.45, 2.75) is 39.1 Å². The van der Waals surface area contributed by atoms with Crippen molar-refractivity contribution in [2.24, 2.45) is 0 Å². The van der Waals surface area contributed by atoms with E-state index in [1.807, 2.05) is 24.8 Å². The summed E-state index contributed by atoms with van der Waals surface area (Å²) in [6, 6.07) is 3.56. The number of hydrogen-bond donors (Lipinski definition) is 0. The van der Waals surface area contributed by atoms with Crippen LogP contribution in [0.15, 0.2) is 29.8 Å². The Kier molecular flexibility index (Phi) is 6.44. The fourth-order valence-corrected chi connectivity index (χ4v) is 3.44. The molecule has 0 saturated heterocycles. The van der Waals surface area contributed by atoms with Crippen molar-refractivity contribution in [3.05, 3.63) is 50.7 Å². The number of nitrogens with zero attached hydrogens (tertiary/aromatic N) is 4. The molecule has 26 heavy (non-hydrogen) atoms. The van der Waals surface area contributed by atoms with Gasteiger partial charge in [-0.3, -0.25) is 10.1 Å². The summed E-state index contributed by atoms with van der Waals surface area (Å²) in [6.07, 6.45) is 0.858. The highest BCUT2D eigenvalue weighted by Gasteiger charge is 2.57. The van der Waals surface area contributed by atoms with Gasteiger partial charge in [-0.25, -0.2) is 4.98 Å². The van der Waals surface area contributed by atoms with Crippen molar-refractivity contribution < 1.29 is 14.4 Å². The predicted molar refractivity (Wildman–Crippen MR) is 97.9 cm³/mol. The van der Waals surface area contributed by atoms with E-state index in [9.17, 15) is 10.1 Å². The monoisotopic (exact) mass is 384 g/mol. The van der Waals surface area contributed by atoms with Crippen LogP contribution in [0.1, 0.15) is 26.3 Å². The van der Waals surface area contributed by atoms with Crippen LogP contribution in [0.4, 0.5) is 0 Å². The van der Waals surface area contributed by atoms with Gasteiger partial charge in [-0.05, 0) is 32.4 Å². The molecule has 1 aliphatic heterocycles. The zero-order valence-electron chi connectivity index (χ0n) is 15.7. The highest BCUT2D eigenvalue weighted by molar-refractivity contribution is 6.29. The molecular weight excluding hydrogens is 360 g/mol. The van der Waals surface area contributed by atoms with Crippen molar-refractivity contribution in [3.8, 4) is 0 Å². The van der Waals surface area contributed by atoms with Gasteiger partial charge < -0.3 is 19.3 Å². The number of likely N-dealkylation sites (N-methyl/N-ethyl adjacent to an activating group) is 1. The number of pyridine rings is 1. The highest BCUT2D eigenvalue weighted by Crippen LogP contribution is 2.40. The van der Waals surface area contributed by atoms with E-state index in [1.54, 1.807) is 31.1 Å². The molecule has 144 valence electrons. The Labute approximate surface area is 158 Å². The predicted octanol–water partition coefficient (Wildman–Crippen LogP) is 2.72. The van der Waals surface area contributed by atoms with Crippen LogP contribution in [0, 0.1) is 10.1 Å². The maximum absolute atomic E-state index is 11.9. The lowest BCUT2D eigenvalue weighted by atomic mass is 10.1. The highest BCUT2D eigenvalue weighted by atomic mass is 35.5. The standard InChI is InChI=1S/C17H25ClN4O4/c1-6-21(11-12-8-9-13(18)19-10-12)16-14(22(23)24)15(25-5)17(3,20(16)4)26-7-2/h8-10,15H,6-7,11H2,1-5H3. The van der Waals surface area contributed by atoms with Crippen molar-refractivity contribution >= 4 is 11.6 Å². The summed E-state index contributed by atoms with van der Waals surface area (Å²) in [5.41, 5.74) is -0.0686. The van der Waals surface area contributed by atoms with E-state index in [2.05, 4.69) is 4.98 Å². The average Bonchev–Trinajstić information content (AvgIpc) is 2.82. The molecule has 0 N–H and O–H groups in total.